The number of carbonyl (C=O) groups excluding carboxylic acids is 1. The molecule has 2 aliphatic rings. The Bertz CT molecular complexity index is 363. The monoisotopic (exact) mass is 222 g/mol. The van der Waals surface area contributed by atoms with E-state index >= 15 is 0 Å². The molecular formula is C11H14N2OS. The van der Waals surface area contributed by atoms with E-state index in [1.165, 1.54) is 6.54 Å². The Morgan fingerprint density at radius 2 is 2.33 bits per heavy atom. The first kappa shape index (κ1) is 9.36. The summed E-state index contributed by atoms with van der Waals surface area (Å²) in [5.74, 6) is 0.233. The van der Waals surface area contributed by atoms with E-state index in [2.05, 4.69) is 9.80 Å². The summed E-state index contributed by atoms with van der Waals surface area (Å²) in [5.41, 5.74) is 0. The predicted octanol–water partition coefficient (Wildman–Crippen LogP) is 1.28. The second-order valence-electron chi connectivity index (χ2n) is 4.22. The highest BCUT2D eigenvalue weighted by Gasteiger charge is 2.35. The van der Waals surface area contributed by atoms with Gasteiger partial charge in [-0.05, 0) is 17.9 Å². The molecule has 4 heteroatoms. The molecule has 1 amide bonds. The average molecular weight is 222 g/mol. The number of fused-ring (bicyclic) bond motifs is 2. The van der Waals surface area contributed by atoms with Crippen LogP contribution >= 0.6 is 11.3 Å². The Hall–Kier alpha value is -0.870. The Morgan fingerprint density at radius 3 is 3.13 bits per heavy atom. The molecule has 0 aromatic carbocycles. The van der Waals surface area contributed by atoms with Crippen molar-refractivity contribution in [3.8, 4) is 0 Å². The molecule has 1 aromatic rings. The number of carbonyl (C=O) groups is 1. The number of piperazine rings is 1. The number of hydrogen-bond donors (Lipinski definition) is 0. The molecule has 3 heterocycles. The van der Waals surface area contributed by atoms with Crippen molar-refractivity contribution < 1.29 is 4.79 Å². The van der Waals surface area contributed by atoms with Crippen molar-refractivity contribution in [1.29, 1.82) is 0 Å². The lowest BCUT2D eigenvalue weighted by atomic mass is 10.2. The summed E-state index contributed by atoms with van der Waals surface area (Å²) in [6.45, 7) is 4.20. The average Bonchev–Trinajstić information content (AvgIpc) is 2.88. The molecule has 1 unspecified atom stereocenters. The standard InChI is InChI=1S/C11H14N2OS/c14-11(10-2-1-7-15-10)13-6-5-12-4-3-9(13)8-12/h1-2,7,9H,3-6,8H2/t9-/m1/s1. The van der Waals surface area contributed by atoms with Crippen LogP contribution in [0.1, 0.15) is 16.1 Å². The molecule has 0 aliphatic carbocycles. The fraction of sp³-hybridized carbons (Fsp3) is 0.545. The molecule has 15 heavy (non-hydrogen) atoms. The molecule has 3 rings (SSSR count). The van der Waals surface area contributed by atoms with Gasteiger partial charge in [0.05, 0.1) is 4.88 Å². The quantitative estimate of drug-likeness (QED) is 0.714. The summed E-state index contributed by atoms with van der Waals surface area (Å²) in [4.78, 5) is 17.6. The SMILES string of the molecule is O=C(c1cccs1)N1CCN2CC[C@@H]1C2. The van der Waals surface area contributed by atoms with E-state index in [-0.39, 0.29) is 5.91 Å². The summed E-state index contributed by atoms with van der Waals surface area (Å²) in [5, 5.41) is 1.97. The van der Waals surface area contributed by atoms with Crippen LogP contribution in [0.2, 0.25) is 0 Å². The number of thiophene rings is 1. The van der Waals surface area contributed by atoms with Crippen LogP contribution in [0.4, 0.5) is 0 Å². The van der Waals surface area contributed by atoms with Gasteiger partial charge in [-0.3, -0.25) is 9.69 Å². The fourth-order valence-electron chi connectivity index (χ4n) is 2.51. The van der Waals surface area contributed by atoms with E-state index in [0.717, 1.165) is 30.9 Å². The van der Waals surface area contributed by atoms with Gasteiger partial charge in [0.25, 0.3) is 5.91 Å². The molecule has 2 fully saturated rings. The molecule has 80 valence electrons. The lowest BCUT2D eigenvalue weighted by Crippen LogP contribution is -2.49. The molecule has 2 aliphatic heterocycles. The van der Waals surface area contributed by atoms with E-state index in [0.29, 0.717) is 6.04 Å². The summed E-state index contributed by atoms with van der Waals surface area (Å²) in [6.07, 6.45) is 1.15. The maximum absolute atomic E-state index is 12.2. The lowest BCUT2D eigenvalue weighted by Gasteiger charge is -2.34. The van der Waals surface area contributed by atoms with Crippen molar-refractivity contribution in [1.82, 2.24) is 9.80 Å². The molecule has 0 radical (unpaired) electrons. The molecule has 0 spiro atoms. The van der Waals surface area contributed by atoms with Crippen molar-refractivity contribution in [3.63, 3.8) is 0 Å². The van der Waals surface area contributed by atoms with Gasteiger partial charge >= 0.3 is 0 Å². The van der Waals surface area contributed by atoms with Crippen LogP contribution < -0.4 is 0 Å². The Morgan fingerprint density at radius 1 is 1.40 bits per heavy atom. The van der Waals surface area contributed by atoms with Crippen molar-refractivity contribution in [3.05, 3.63) is 22.4 Å². The minimum absolute atomic E-state index is 0.233. The van der Waals surface area contributed by atoms with Gasteiger partial charge in [0.2, 0.25) is 0 Å². The normalized spacial score (nSPS) is 29.5. The number of hydrogen-bond acceptors (Lipinski definition) is 3. The Kier molecular flexibility index (Phi) is 2.25. The summed E-state index contributed by atoms with van der Waals surface area (Å²) in [7, 11) is 0. The Labute approximate surface area is 93.3 Å². The lowest BCUT2D eigenvalue weighted by molar-refractivity contribution is 0.0614. The summed E-state index contributed by atoms with van der Waals surface area (Å²) < 4.78 is 0. The van der Waals surface area contributed by atoms with Crippen LogP contribution in [0.25, 0.3) is 0 Å². The molecule has 1 aromatic heterocycles. The topological polar surface area (TPSA) is 23.6 Å². The minimum Gasteiger partial charge on any atom is -0.332 e. The first-order valence-electron chi connectivity index (χ1n) is 5.41. The van der Waals surface area contributed by atoms with E-state index in [9.17, 15) is 4.79 Å². The second kappa shape index (κ2) is 3.61. The van der Waals surface area contributed by atoms with Gasteiger partial charge in [0.1, 0.15) is 0 Å². The van der Waals surface area contributed by atoms with Gasteiger partial charge in [-0.1, -0.05) is 6.07 Å². The maximum atomic E-state index is 12.2. The Balaban J connectivity index is 1.79. The van der Waals surface area contributed by atoms with Gasteiger partial charge in [0.15, 0.2) is 0 Å². The smallest absolute Gasteiger partial charge is 0.264 e. The van der Waals surface area contributed by atoms with Crippen molar-refractivity contribution in [2.75, 3.05) is 26.2 Å². The van der Waals surface area contributed by atoms with Crippen LogP contribution in [0.15, 0.2) is 17.5 Å². The first-order valence-corrected chi connectivity index (χ1v) is 6.29. The molecule has 2 atom stereocenters. The third kappa shape index (κ3) is 1.58. The summed E-state index contributed by atoms with van der Waals surface area (Å²) in [6, 6.07) is 4.34. The van der Waals surface area contributed by atoms with Crippen LogP contribution in [-0.2, 0) is 0 Å². The molecule has 3 nitrogen and oxygen atoms in total. The zero-order valence-corrected chi connectivity index (χ0v) is 9.37. The zero-order valence-electron chi connectivity index (χ0n) is 8.56. The molecular weight excluding hydrogens is 208 g/mol. The maximum Gasteiger partial charge on any atom is 0.264 e. The number of amides is 1. The van der Waals surface area contributed by atoms with Crippen LogP contribution in [0.5, 0.6) is 0 Å². The van der Waals surface area contributed by atoms with E-state index in [1.54, 1.807) is 11.3 Å². The van der Waals surface area contributed by atoms with Gasteiger partial charge < -0.3 is 4.90 Å². The van der Waals surface area contributed by atoms with Crippen LogP contribution in [0, 0.1) is 0 Å². The molecule has 0 saturated carbocycles. The largest absolute Gasteiger partial charge is 0.332 e. The van der Waals surface area contributed by atoms with Gasteiger partial charge in [-0.2, -0.15) is 0 Å². The molecule has 2 bridgehead atoms. The third-order valence-electron chi connectivity index (χ3n) is 3.34. The molecule has 2 saturated heterocycles. The summed E-state index contributed by atoms with van der Waals surface area (Å²) >= 11 is 1.55. The fourth-order valence-corrected chi connectivity index (χ4v) is 3.19. The third-order valence-corrected chi connectivity index (χ3v) is 4.20. The van der Waals surface area contributed by atoms with Crippen LogP contribution in [-0.4, -0.2) is 47.9 Å². The number of rotatable bonds is 1. The number of nitrogens with zero attached hydrogens (tertiary/aromatic N) is 2. The van der Waals surface area contributed by atoms with Crippen LogP contribution in [0.3, 0.4) is 0 Å². The first-order chi connectivity index (χ1) is 7.34. The second-order valence-corrected chi connectivity index (χ2v) is 5.17. The minimum atomic E-state index is 0.233. The highest BCUT2D eigenvalue weighted by molar-refractivity contribution is 7.12. The van der Waals surface area contributed by atoms with Gasteiger partial charge in [-0.25, -0.2) is 0 Å². The predicted molar refractivity (Wildman–Crippen MR) is 60.2 cm³/mol. The van der Waals surface area contributed by atoms with Crippen molar-refractivity contribution in [2.24, 2.45) is 0 Å². The zero-order chi connectivity index (χ0) is 10.3. The van der Waals surface area contributed by atoms with E-state index < -0.39 is 0 Å². The highest BCUT2D eigenvalue weighted by Crippen LogP contribution is 2.23. The highest BCUT2D eigenvalue weighted by atomic mass is 32.1. The van der Waals surface area contributed by atoms with E-state index in [4.69, 9.17) is 0 Å². The molecule has 0 N–H and O–H groups in total. The van der Waals surface area contributed by atoms with Gasteiger partial charge in [-0.15, -0.1) is 11.3 Å². The van der Waals surface area contributed by atoms with Crippen molar-refractivity contribution >= 4 is 17.2 Å². The van der Waals surface area contributed by atoms with Crippen molar-refractivity contribution in [2.45, 2.75) is 12.5 Å². The van der Waals surface area contributed by atoms with Gasteiger partial charge in [0, 0.05) is 32.2 Å². The van der Waals surface area contributed by atoms with E-state index in [1.807, 2.05) is 17.5 Å².